The zero-order valence-electron chi connectivity index (χ0n) is 17.3. The molecule has 1 N–H and O–H groups in total. The van der Waals surface area contributed by atoms with Crippen LogP contribution in [0.15, 0.2) is 72.9 Å². The van der Waals surface area contributed by atoms with Crippen molar-refractivity contribution in [1.29, 1.82) is 0 Å². The average Bonchev–Trinajstić information content (AvgIpc) is 2.98. The molecule has 0 saturated carbocycles. The molecule has 3 aromatic rings. The number of carbonyl (C=O) groups excluding carboxylic acids is 2. The molecule has 2 amide bonds. The molecule has 158 valence electrons. The molecule has 0 fully saturated rings. The smallest absolute Gasteiger partial charge is 0.243 e. The van der Waals surface area contributed by atoms with E-state index in [9.17, 15) is 9.59 Å². The molecule has 0 radical (unpaired) electrons. The van der Waals surface area contributed by atoms with Gasteiger partial charge in [0.15, 0.2) is 0 Å². The second kappa shape index (κ2) is 9.89. The van der Waals surface area contributed by atoms with Gasteiger partial charge in [-0.05, 0) is 36.6 Å². The monoisotopic (exact) mass is 415 g/mol. The third-order valence-corrected chi connectivity index (χ3v) is 5.22. The molecule has 0 aliphatic carbocycles. The number of nitrogens with zero attached hydrogens (tertiary/aromatic N) is 2. The number of nitrogens with one attached hydrogen (secondary N) is 1. The van der Waals surface area contributed by atoms with E-state index in [0.29, 0.717) is 30.4 Å². The normalized spacial score (nSPS) is 12.2. The Morgan fingerprint density at radius 2 is 1.77 bits per heavy atom. The summed E-state index contributed by atoms with van der Waals surface area (Å²) in [7, 11) is 0. The number of hydrogen-bond acceptors (Lipinski definition) is 4. The van der Waals surface area contributed by atoms with Crippen molar-refractivity contribution < 1.29 is 14.3 Å². The van der Waals surface area contributed by atoms with E-state index in [4.69, 9.17) is 4.74 Å². The van der Waals surface area contributed by atoms with Crippen LogP contribution >= 0.6 is 0 Å². The summed E-state index contributed by atoms with van der Waals surface area (Å²) in [5.74, 6) is 0.841. The first-order chi connectivity index (χ1) is 15.2. The molecule has 2 aromatic carbocycles. The minimum absolute atomic E-state index is 0.112. The van der Waals surface area contributed by atoms with E-state index in [2.05, 4.69) is 22.4 Å². The van der Waals surface area contributed by atoms with Gasteiger partial charge in [-0.1, -0.05) is 48.5 Å². The van der Waals surface area contributed by atoms with Gasteiger partial charge in [-0.2, -0.15) is 0 Å². The summed E-state index contributed by atoms with van der Waals surface area (Å²) in [5, 5.41) is 2.91. The minimum atomic E-state index is -0.131. The van der Waals surface area contributed by atoms with Gasteiger partial charge in [0.25, 0.3) is 0 Å². The molecule has 0 saturated heterocycles. The number of benzene rings is 2. The van der Waals surface area contributed by atoms with Gasteiger partial charge in [0.1, 0.15) is 11.4 Å². The summed E-state index contributed by atoms with van der Waals surface area (Å²) in [6, 6.07) is 21.4. The number of ether oxygens (including phenoxy) is 1. The number of fused-ring (bicyclic) bond motifs is 2. The number of para-hydroxylation sites is 1. The molecular weight excluding hydrogens is 390 g/mol. The van der Waals surface area contributed by atoms with Crippen LogP contribution < -0.4 is 15.0 Å². The van der Waals surface area contributed by atoms with Crippen LogP contribution in [0.1, 0.15) is 30.4 Å². The molecule has 6 heteroatoms. The maximum Gasteiger partial charge on any atom is 0.243 e. The van der Waals surface area contributed by atoms with Crippen LogP contribution in [0.25, 0.3) is 0 Å². The van der Waals surface area contributed by atoms with E-state index in [1.165, 1.54) is 5.56 Å². The van der Waals surface area contributed by atoms with E-state index in [1.54, 1.807) is 17.2 Å². The maximum absolute atomic E-state index is 13.0. The zero-order valence-corrected chi connectivity index (χ0v) is 17.3. The second-order valence-electron chi connectivity index (χ2n) is 7.46. The van der Waals surface area contributed by atoms with Gasteiger partial charge in [0.2, 0.25) is 17.7 Å². The molecule has 1 aliphatic heterocycles. The standard InChI is InChI=1S/C25H25N3O3/c29-23(26-16-6-10-19-8-2-1-3-9-19)14-15-24(30)28-18-20-11-4-5-13-22(20)31-25-21(28)12-7-17-27-25/h1-5,7-9,11-13,17H,6,10,14-16,18H2,(H,26,29). The van der Waals surface area contributed by atoms with Crippen LogP contribution in [0.5, 0.6) is 11.6 Å². The van der Waals surface area contributed by atoms with Crippen LogP contribution in [0.4, 0.5) is 5.69 Å². The molecule has 0 bridgehead atoms. The number of aromatic nitrogens is 1. The van der Waals surface area contributed by atoms with Gasteiger partial charge in [-0.15, -0.1) is 0 Å². The van der Waals surface area contributed by atoms with Crippen LogP contribution in [-0.2, 0) is 22.6 Å². The Morgan fingerprint density at radius 3 is 2.65 bits per heavy atom. The fraction of sp³-hybridized carbons (Fsp3) is 0.240. The Labute approximate surface area is 181 Å². The van der Waals surface area contributed by atoms with Gasteiger partial charge >= 0.3 is 0 Å². The van der Waals surface area contributed by atoms with Crippen molar-refractivity contribution in [2.24, 2.45) is 0 Å². The average molecular weight is 415 g/mol. The third kappa shape index (κ3) is 5.28. The van der Waals surface area contributed by atoms with Crippen LogP contribution in [0, 0.1) is 0 Å². The molecule has 1 aromatic heterocycles. The summed E-state index contributed by atoms with van der Waals surface area (Å²) in [6.45, 7) is 0.978. The van der Waals surface area contributed by atoms with Gasteiger partial charge in [0, 0.05) is 31.1 Å². The van der Waals surface area contributed by atoms with Gasteiger partial charge in [-0.25, -0.2) is 4.98 Å². The number of rotatable bonds is 7. The first-order valence-electron chi connectivity index (χ1n) is 10.5. The Balaban J connectivity index is 1.32. The van der Waals surface area contributed by atoms with Crippen molar-refractivity contribution in [3.8, 4) is 11.6 Å². The highest BCUT2D eigenvalue weighted by Gasteiger charge is 2.26. The number of hydrogen-bond donors (Lipinski definition) is 1. The van der Waals surface area contributed by atoms with Crippen LogP contribution in [0.2, 0.25) is 0 Å². The first kappa shape index (κ1) is 20.6. The highest BCUT2D eigenvalue weighted by molar-refractivity contribution is 5.96. The second-order valence-corrected chi connectivity index (χ2v) is 7.46. The summed E-state index contributed by atoms with van der Waals surface area (Å²) in [4.78, 5) is 31.2. The highest BCUT2D eigenvalue weighted by Crippen LogP contribution is 2.37. The lowest BCUT2D eigenvalue weighted by molar-refractivity contribution is -0.125. The fourth-order valence-corrected chi connectivity index (χ4v) is 3.59. The molecule has 2 heterocycles. The first-order valence-corrected chi connectivity index (χ1v) is 10.5. The summed E-state index contributed by atoms with van der Waals surface area (Å²) in [6.07, 6.45) is 3.69. The zero-order chi connectivity index (χ0) is 21.5. The van der Waals surface area contributed by atoms with E-state index >= 15 is 0 Å². The summed E-state index contributed by atoms with van der Waals surface area (Å²) < 4.78 is 5.93. The molecule has 4 rings (SSSR count). The quantitative estimate of drug-likeness (QED) is 0.586. The lowest BCUT2D eigenvalue weighted by Gasteiger charge is -2.21. The van der Waals surface area contributed by atoms with Gasteiger partial charge < -0.3 is 15.0 Å². The Bertz CT molecular complexity index is 1050. The van der Waals surface area contributed by atoms with Crippen molar-refractivity contribution >= 4 is 17.5 Å². The molecule has 31 heavy (non-hydrogen) atoms. The lowest BCUT2D eigenvalue weighted by atomic mass is 10.1. The van der Waals surface area contributed by atoms with Gasteiger partial charge in [0.05, 0.1) is 6.54 Å². The van der Waals surface area contributed by atoms with Crippen molar-refractivity contribution in [3.63, 3.8) is 0 Å². The van der Waals surface area contributed by atoms with Gasteiger partial charge in [-0.3, -0.25) is 9.59 Å². The van der Waals surface area contributed by atoms with Crippen molar-refractivity contribution in [2.45, 2.75) is 32.2 Å². The van der Waals surface area contributed by atoms with E-state index in [0.717, 1.165) is 18.4 Å². The number of pyridine rings is 1. The summed E-state index contributed by atoms with van der Waals surface area (Å²) >= 11 is 0. The molecule has 0 unspecified atom stereocenters. The predicted octanol–water partition coefficient (Wildman–Crippen LogP) is 4.25. The molecule has 0 spiro atoms. The number of carbonyl (C=O) groups is 2. The van der Waals surface area contributed by atoms with Crippen molar-refractivity contribution in [3.05, 3.63) is 84.1 Å². The van der Waals surface area contributed by atoms with E-state index in [-0.39, 0.29) is 24.7 Å². The molecule has 6 nitrogen and oxygen atoms in total. The fourth-order valence-electron chi connectivity index (χ4n) is 3.59. The Hall–Kier alpha value is -3.67. The van der Waals surface area contributed by atoms with Crippen molar-refractivity contribution in [1.82, 2.24) is 10.3 Å². The SMILES string of the molecule is O=C(CCC(=O)N1Cc2ccccc2Oc2ncccc21)NCCCc1ccccc1. The number of anilines is 1. The Morgan fingerprint density at radius 1 is 0.968 bits per heavy atom. The van der Waals surface area contributed by atoms with Crippen molar-refractivity contribution in [2.75, 3.05) is 11.4 Å². The minimum Gasteiger partial charge on any atom is -0.437 e. The summed E-state index contributed by atoms with van der Waals surface area (Å²) in [5.41, 5.74) is 2.77. The van der Waals surface area contributed by atoms with E-state index < -0.39 is 0 Å². The van der Waals surface area contributed by atoms with E-state index in [1.807, 2.05) is 48.5 Å². The predicted molar refractivity (Wildman–Crippen MR) is 119 cm³/mol. The Kier molecular flexibility index (Phi) is 6.57. The molecule has 1 aliphatic rings. The topological polar surface area (TPSA) is 71.5 Å². The number of amides is 2. The largest absolute Gasteiger partial charge is 0.437 e. The molecular formula is C25H25N3O3. The molecule has 0 atom stereocenters. The maximum atomic E-state index is 13.0. The van der Waals surface area contributed by atoms with Crippen LogP contribution in [-0.4, -0.2) is 23.3 Å². The van der Waals surface area contributed by atoms with Crippen LogP contribution in [0.3, 0.4) is 0 Å². The lowest BCUT2D eigenvalue weighted by Crippen LogP contribution is -2.32. The number of aryl methyl sites for hydroxylation is 1. The third-order valence-electron chi connectivity index (χ3n) is 5.22. The highest BCUT2D eigenvalue weighted by atomic mass is 16.5.